The van der Waals surface area contributed by atoms with Gasteiger partial charge in [0.15, 0.2) is 0 Å². The molecule has 0 amide bonds. The number of methoxy groups -OCH3 is 1. The Kier molecular flexibility index (Phi) is 9.80. The van der Waals surface area contributed by atoms with Gasteiger partial charge < -0.3 is 24.1 Å². The average molecular weight is 811 g/mol. The Hall–Kier alpha value is -4.84. The molecule has 0 unspecified atom stereocenters. The first-order valence-corrected chi connectivity index (χ1v) is 22.1. The predicted octanol–water partition coefficient (Wildman–Crippen LogP) is 9.07. The molecule has 2 saturated carbocycles. The highest BCUT2D eigenvalue weighted by atomic mass is 16.6. The molecule has 5 aliphatic rings. The smallest absolute Gasteiger partial charge is 0.125 e. The molecule has 7 heterocycles. The summed E-state index contributed by atoms with van der Waals surface area (Å²) in [6.07, 6.45) is 17.8. The lowest BCUT2D eigenvalue weighted by Gasteiger charge is -2.49. The third-order valence-electron chi connectivity index (χ3n) is 15.2. The number of hydrogen-bond donors (Lipinski definition) is 1. The summed E-state index contributed by atoms with van der Waals surface area (Å²) in [4.78, 5) is 8.63. The molecule has 11 nitrogen and oxygen atoms in total. The van der Waals surface area contributed by atoms with E-state index in [1.165, 1.54) is 35.8 Å². The van der Waals surface area contributed by atoms with Gasteiger partial charge in [0.25, 0.3) is 0 Å². The molecule has 1 saturated heterocycles. The quantitative estimate of drug-likeness (QED) is 0.164. The fraction of sp³-hybridized carbons (Fsp3) is 0.510. The molecule has 1 spiro atoms. The SMILES string of the molecule is CC[C@@]12CC[C@](O)(COC)C[C@@H]1CCOc1cc3c(cnn3-c3ccnc(C)c3)cc12.CC[C@@]12CC[C@]3(CO3)C[C@@H]1CCOc1cc3c(cnn3-c3ccnc(C)c3)cc12. The Bertz CT molecular complexity index is 2560. The van der Waals surface area contributed by atoms with Crippen LogP contribution in [0.2, 0.25) is 0 Å². The van der Waals surface area contributed by atoms with Crippen LogP contribution in [0.25, 0.3) is 33.2 Å². The molecule has 60 heavy (non-hydrogen) atoms. The van der Waals surface area contributed by atoms with Crippen molar-refractivity contribution in [2.75, 3.05) is 33.5 Å². The van der Waals surface area contributed by atoms with Crippen LogP contribution >= 0.6 is 0 Å². The van der Waals surface area contributed by atoms with Crippen LogP contribution in [0.3, 0.4) is 0 Å². The molecule has 11 rings (SSSR count). The molecule has 314 valence electrons. The number of rotatable bonds is 6. The summed E-state index contributed by atoms with van der Waals surface area (Å²) in [6.45, 7) is 11.4. The summed E-state index contributed by atoms with van der Waals surface area (Å²) in [5.74, 6) is 2.99. The van der Waals surface area contributed by atoms with Crippen molar-refractivity contribution < 1.29 is 24.1 Å². The predicted molar refractivity (Wildman–Crippen MR) is 232 cm³/mol. The zero-order valence-electron chi connectivity index (χ0n) is 35.7. The first-order valence-electron chi connectivity index (χ1n) is 22.1. The van der Waals surface area contributed by atoms with Gasteiger partial charge in [0.05, 0.1) is 72.4 Å². The molecule has 6 aromatic rings. The number of pyridine rings is 2. The molecule has 2 aromatic carbocycles. The molecule has 3 fully saturated rings. The van der Waals surface area contributed by atoms with Gasteiger partial charge in [-0.15, -0.1) is 0 Å². The number of aryl methyl sites for hydroxylation is 2. The van der Waals surface area contributed by atoms with Crippen molar-refractivity contribution in [2.24, 2.45) is 11.8 Å². The number of aliphatic hydroxyl groups is 1. The molecule has 0 radical (unpaired) electrons. The molecule has 3 aliphatic heterocycles. The van der Waals surface area contributed by atoms with E-state index in [1.54, 1.807) is 7.11 Å². The van der Waals surface area contributed by atoms with Crippen LogP contribution in [0.5, 0.6) is 11.5 Å². The van der Waals surface area contributed by atoms with E-state index in [4.69, 9.17) is 24.0 Å². The van der Waals surface area contributed by atoms with Gasteiger partial charge in [0.1, 0.15) is 11.5 Å². The Balaban J connectivity index is 0.000000145. The molecule has 1 N–H and O–H groups in total. The summed E-state index contributed by atoms with van der Waals surface area (Å²) in [5.41, 5.74) is 8.43. The minimum Gasteiger partial charge on any atom is -0.493 e. The lowest BCUT2D eigenvalue weighted by Crippen LogP contribution is -2.49. The van der Waals surface area contributed by atoms with Gasteiger partial charge in [-0.2, -0.15) is 10.2 Å². The Morgan fingerprint density at radius 2 is 1.23 bits per heavy atom. The largest absolute Gasteiger partial charge is 0.493 e. The second-order valence-electron chi connectivity index (χ2n) is 18.5. The molecule has 4 aromatic heterocycles. The first kappa shape index (κ1) is 39.3. The van der Waals surface area contributed by atoms with E-state index in [1.807, 2.05) is 66.2 Å². The van der Waals surface area contributed by atoms with Gasteiger partial charge in [-0.3, -0.25) is 9.97 Å². The highest BCUT2D eigenvalue weighted by Crippen LogP contribution is 2.59. The maximum atomic E-state index is 11.1. The Morgan fingerprint density at radius 3 is 1.72 bits per heavy atom. The second kappa shape index (κ2) is 15.0. The molecular formula is C49H58N6O5. The average Bonchev–Trinajstić information content (AvgIpc) is 3.77. The van der Waals surface area contributed by atoms with Gasteiger partial charge in [0, 0.05) is 75.8 Å². The number of hydrogen-bond acceptors (Lipinski definition) is 9. The molecular weight excluding hydrogens is 753 g/mol. The van der Waals surface area contributed by atoms with Crippen molar-refractivity contribution in [2.45, 2.75) is 114 Å². The van der Waals surface area contributed by atoms with Gasteiger partial charge in [-0.05, 0) is 126 Å². The normalized spacial score (nSPS) is 29.2. The van der Waals surface area contributed by atoms with Crippen molar-refractivity contribution in [3.8, 4) is 22.9 Å². The monoisotopic (exact) mass is 810 g/mol. The molecule has 0 bridgehead atoms. The van der Waals surface area contributed by atoms with Gasteiger partial charge in [0.2, 0.25) is 0 Å². The summed E-state index contributed by atoms with van der Waals surface area (Å²) < 4.78 is 27.9. The van der Waals surface area contributed by atoms with Crippen LogP contribution < -0.4 is 9.47 Å². The van der Waals surface area contributed by atoms with E-state index in [9.17, 15) is 5.11 Å². The van der Waals surface area contributed by atoms with E-state index in [2.05, 4.69) is 59.2 Å². The van der Waals surface area contributed by atoms with Crippen molar-refractivity contribution >= 4 is 21.8 Å². The van der Waals surface area contributed by atoms with Crippen molar-refractivity contribution in [3.63, 3.8) is 0 Å². The fourth-order valence-corrected chi connectivity index (χ4v) is 11.8. The van der Waals surface area contributed by atoms with Gasteiger partial charge >= 0.3 is 0 Å². The Morgan fingerprint density at radius 1 is 0.717 bits per heavy atom. The van der Waals surface area contributed by atoms with E-state index < -0.39 is 5.60 Å². The summed E-state index contributed by atoms with van der Waals surface area (Å²) in [7, 11) is 1.67. The van der Waals surface area contributed by atoms with Gasteiger partial charge in [-0.25, -0.2) is 9.36 Å². The maximum absolute atomic E-state index is 11.1. The third-order valence-corrected chi connectivity index (χ3v) is 15.2. The van der Waals surface area contributed by atoms with Gasteiger partial charge in [-0.1, -0.05) is 13.8 Å². The van der Waals surface area contributed by atoms with Crippen LogP contribution in [0, 0.1) is 25.7 Å². The fourth-order valence-electron chi connectivity index (χ4n) is 11.8. The number of aromatic nitrogens is 6. The van der Waals surface area contributed by atoms with Crippen LogP contribution in [-0.2, 0) is 20.3 Å². The number of benzene rings is 2. The lowest BCUT2D eigenvalue weighted by molar-refractivity contribution is -0.0903. The molecule has 11 heteroatoms. The Labute approximate surface area is 352 Å². The minimum atomic E-state index is -0.739. The lowest BCUT2D eigenvalue weighted by atomic mass is 9.57. The first-order chi connectivity index (χ1) is 29.1. The second-order valence-corrected chi connectivity index (χ2v) is 18.5. The minimum absolute atomic E-state index is 0.00928. The van der Waals surface area contributed by atoms with E-state index in [0.29, 0.717) is 25.0 Å². The maximum Gasteiger partial charge on any atom is 0.125 e. The summed E-state index contributed by atoms with van der Waals surface area (Å²) in [5, 5.41) is 22.8. The van der Waals surface area contributed by atoms with Crippen LogP contribution in [0.1, 0.15) is 101 Å². The topological polar surface area (TPSA) is 122 Å². The number of fused-ring (bicyclic) bond motifs is 8. The van der Waals surface area contributed by atoms with E-state index >= 15 is 0 Å². The highest BCUT2D eigenvalue weighted by molar-refractivity contribution is 5.84. The summed E-state index contributed by atoms with van der Waals surface area (Å²) >= 11 is 0. The van der Waals surface area contributed by atoms with Crippen LogP contribution in [0.4, 0.5) is 0 Å². The molecule has 2 aliphatic carbocycles. The van der Waals surface area contributed by atoms with E-state index in [-0.39, 0.29) is 16.4 Å². The summed E-state index contributed by atoms with van der Waals surface area (Å²) in [6, 6.07) is 17.1. The van der Waals surface area contributed by atoms with Crippen molar-refractivity contribution in [3.05, 3.63) is 95.8 Å². The highest BCUT2D eigenvalue weighted by Gasteiger charge is 2.57. The third kappa shape index (κ3) is 6.59. The van der Waals surface area contributed by atoms with Crippen LogP contribution in [0.15, 0.2) is 73.3 Å². The molecule has 6 atom stereocenters. The zero-order chi connectivity index (χ0) is 41.3. The zero-order valence-corrected chi connectivity index (χ0v) is 35.7. The number of ether oxygens (including phenoxy) is 4. The van der Waals surface area contributed by atoms with E-state index in [0.717, 1.165) is 109 Å². The number of nitrogens with zero attached hydrogens (tertiary/aromatic N) is 6. The van der Waals surface area contributed by atoms with Crippen LogP contribution in [-0.4, -0.2) is 79.4 Å². The van der Waals surface area contributed by atoms with Crippen molar-refractivity contribution in [1.29, 1.82) is 0 Å². The number of epoxide rings is 1. The van der Waals surface area contributed by atoms with Crippen molar-refractivity contribution in [1.82, 2.24) is 29.5 Å². The standard InChI is InChI=1S/C25H31N3O3.C24H27N3O2/c1-4-25-8-7-24(29,16-30-3)14-19(25)6-10-31-23-13-22-18(12-21(23)25)15-27-28(22)20-5-9-26-17(2)11-20;1-3-24-7-6-23(15-29-23)13-18(24)5-9-28-22-12-21-17(11-20(22)24)14-26-27(21)19-4-8-25-16(2)10-19/h5,9,11-13,15,19,29H,4,6-8,10,14,16H2,1-3H3;4,8,10-12,14,18H,3,5-7,9,13,15H2,1-2H3/t19-,24+,25+;18-,23+,24+/m00/s1.